The Bertz CT molecular complexity index is 852. The molecule has 1 amide bonds. The van der Waals surface area contributed by atoms with Crippen LogP contribution in [0.1, 0.15) is 80.6 Å². The van der Waals surface area contributed by atoms with E-state index in [0.717, 1.165) is 54.1 Å². The number of hydrogen-bond donors (Lipinski definition) is 1. The summed E-state index contributed by atoms with van der Waals surface area (Å²) >= 11 is 0. The Kier molecular flexibility index (Phi) is 5.67. The summed E-state index contributed by atoms with van der Waals surface area (Å²) in [4.78, 5) is 19.5. The molecule has 28 heavy (non-hydrogen) atoms. The summed E-state index contributed by atoms with van der Waals surface area (Å²) in [6.45, 7) is 8.70. The Hall–Kier alpha value is -1.95. The van der Waals surface area contributed by atoms with Crippen LogP contribution in [-0.2, 0) is 11.2 Å². The van der Waals surface area contributed by atoms with E-state index in [0.29, 0.717) is 18.5 Å². The van der Waals surface area contributed by atoms with Crippen LogP contribution < -0.4 is 5.32 Å². The number of piperidine rings is 1. The number of likely N-dealkylation sites (tertiary alicyclic amines) is 1. The predicted molar refractivity (Wildman–Crippen MR) is 110 cm³/mol. The lowest BCUT2D eigenvalue weighted by Gasteiger charge is -2.34. The van der Waals surface area contributed by atoms with E-state index in [1.807, 2.05) is 4.52 Å². The van der Waals surface area contributed by atoms with Crippen molar-refractivity contribution in [3.05, 3.63) is 28.7 Å². The highest BCUT2D eigenvalue weighted by molar-refractivity contribution is 5.76. The Morgan fingerprint density at radius 1 is 1.25 bits per heavy atom. The molecule has 1 atom stereocenters. The van der Waals surface area contributed by atoms with Crippen LogP contribution in [-0.4, -0.2) is 44.5 Å². The largest absolute Gasteiger partial charge is 0.353 e. The molecule has 0 radical (unpaired) electrons. The van der Waals surface area contributed by atoms with Crippen LogP contribution >= 0.6 is 0 Å². The molecule has 2 aliphatic rings. The molecule has 6 heteroatoms. The molecule has 0 aromatic carbocycles. The van der Waals surface area contributed by atoms with Gasteiger partial charge in [0.25, 0.3) is 0 Å². The molecule has 0 unspecified atom stereocenters. The van der Waals surface area contributed by atoms with Crippen LogP contribution in [0.3, 0.4) is 0 Å². The maximum absolute atomic E-state index is 12.1. The van der Waals surface area contributed by atoms with Crippen LogP contribution in [0, 0.1) is 13.8 Å². The summed E-state index contributed by atoms with van der Waals surface area (Å²) in [7, 11) is 0. The molecule has 0 bridgehead atoms. The van der Waals surface area contributed by atoms with E-state index in [1.54, 1.807) is 0 Å². The van der Waals surface area contributed by atoms with Crippen molar-refractivity contribution in [1.29, 1.82) is 0 Å². The SMILES string of the molecule is CCCN1CCCC[C@H]1c1cc2nc(C)c(CCC(=O)NC3CC3)c(C)n2n1. The average Bonchev–Trinajstić information content (AvgIpc) is 3.38. The van der Waals surface area contributed by atoms with Crippen LogP contribution in [0.4, 0.5) is 0 Å². The first-order valence-corrected chi connectivity index (χ1v) is 11.0. The molecule has 2 aromatic rings. The second-order valence-electron chi connectivity index (χ2n) is 8.49. The first-order chi connectivity index (χ1) is 13.6. The van der Waals surface area contributed by atoms with Gasteiger partial charge < -0.3 is 5.32 Å². The lowest BCUT2D eigenvalue weighted by atomic mass is 9.99. The molecule has 152 valence electrons. The topological polar surface area (TPSA) is 62.5 Å². The van der Waals surface area contributed by atoms with Crippen LogP contribution in [0.25, 0.3) is 5.65 Å². The summed E-state index contributed by atoms with van der Waals surface area (Å²) in [6.07, 6.45) is 8.40. The zero-order valence-corrected chi connectivity index (χ0v) is 17.5. The Morgan fingerprint density at radius 3 is 2.82 bits per heavy atom. The summed E-state index contributed by atoms with van der Waals surface area (Å²) in [5.41, 5.74) is 5.36. The van der Waals surface area contributed by atoms with Gasteiger partial charge in [0.05, 0.1) is 11.7 Å². The number of rotatable bonds is 7. The molecule has 4 rings (SSSR count). The summed E-state index contributed by atoms with van der Waals surface area (Å²) in [5.74, 6) is 0.153. The van der Waals surface area contributed by atoms with E-state index in [-0.39, 0.29) is 5.91 Å². The van der Waals surface area contributed by atoms with Gasteiger partial charge in [0.15, 0.2) is 5.65 Å². The van der Waals surface area contributed by atoms with Gasteiger partial charge in [-0.15, -0.1) is 0 Å². The van der Waals surface area contributed by atoms with Gasteiger partial charge in [-0.3, -0.25) is 9.69 Å². The number of carbonyl (C=O) groups excluding carboxylic acids is 1. The Balaban J connectivity index is 1.56. The van der Waals surface area contributed by atoms with Crippen molar-refractivity contribution in [3.8, 4) is 0 Å². The van der Waals surface area contributed by atoms with Crippen LogP contribution in [0.5, 0.6) is 0 Å². The molecule has 1 aliphatic heterocycles. The molecule has 0 spiro atoms. The molecule has 2 aromatic heterocycles. The molecule has 2 fully saturated rings. The number of hydrogen-bond acceptors (Lipinski definition) is 4. The van der Waals surface area contributed by atoms with Crippen molar-refractivity contribution in [3.63, 3.8) is 0 Å². The standard InChI is InChI=1S/C22H33N5O/c1-4-12-26-13-6-5-7-20(26)19-14-21-23-15(2)18(16(3)27(21)25-19)10-11-22(28)24-17-8-9-17/h14,17,20H,4-13H2,1-3H3,(H,24,28)/t20-/m0/s1. The third kappa shape index (κ3) is 4.07. The van der Waals surface area contributed by atoms with Gasteiger partial charge in [-0.05, 0) is 71.0 Å². The predicted octanol–water partition coefficient (Wildman–Crippen LogP) is 3.49. The van der Waals surface area contributed by atoms with Gasteiger partial charge in [0, 0.05) is 29.9 Å². The molecular formula is C22H33N5O. The monoisotopic (exact) mass is 383 g/mol. The molecule has 1 aliphatic carbocycles. The van der Waals surface area contributed by atoms with E-state index in [2.05, 4.69) is 37.1 Å². The van der Waals surface area contributed by atoms with Gasteiger partial charge in [0.1, 0.15) is 0 Å². The first kappa shape index (κ1) is 19.4. The zero-order valence-electron chi connectivity index (χ0n) is 17.5. The van der Waals surface area contributed by atoms with Gasteiger partial charge in [0.2, 0.25) is 5.91 Å². The highest BCUT2D eigenvalue weighted by Crippen LogP contribution is 2.31. The fourth-order valence-corrected chi connectivity index (χ4v) is 4.52. The summed E-state index contributed by atoms with van der Waals surface area (Å²) in [6, 6.07) is 3.00. The van der Waals surface area contributed by atoms with Crippen LogP contribution in [0.2, 0.25) is 0 Å². The average molecular weight is 384 g/mol. The highest BCUT2D eigenvalue weighted by Gasteiger charge is 2.27. The number of aromatic nitrogens is 3. The zero-order chi connectivity index (χ0) is 19.7. The van der Waals surface area contributed by atoms with Gasteiger partial charge in [-0.2, -0.15) is 5.10 Å². The fraction of sp³-hybridized carbons (Fsp3) is 0.682. The maximum Gasteiger partial charge on any atom is 0.220 e. The normalized spacial score (nSPS) is 20.6. The third-order valence-corrected chi connectivity index (χ3v) is 6.19. The molecule has 1 N–H and O–H groups in total. The van der Waals surface area contributed by atoms with Crippen molar-refractivity contribution in [2.75, 3.05) is 13.1 Å². The second kappa shape index (κ2) is 8.19. The molecule has 6 nitrogen and oxygen atoms in total. The number of nitrogens with zero attached hydrogens (tertiary/aromatic N) is 4. The van der Waals surface area contributed by atoms with E-state index < -0.39 is 0 Å². The van der Waals surface area contributed by atoms with Crippen molar-refractivity contribution in [2.24, 2.45) is 0 Å². The molecular weight excluding hydrogens is 350 g/mol. The highest BCUT2D eigenvalue weighted by atomic mass is 16.1. The lowest BCUT2D eigenvalue weighted by molar-refractivity contribution is -0.121. The molecule has 1 saturated heterocycles. The van der Waals surface area contributed by atoms with Gasteiger partial charge in [-0.25, -0.2) is 9.50 Å². The third-order valence-electron chi connectivity index (χ3n) is 6.19. The van der Waals surface area contributed by atoms with Crippen molar-refractivity contribution in [1.82, 2.24) is 24.8 Å². The van der Waals surface area contributed by atoms with Crippen LogP contribution in [0.15, 0.2) is 6.07 Å². The number of nitrogens with one attached hydrogen (secondary N) is 1. The van der Waals surface area contributed by atoms with E-state index in [1.165, 1.54) is 32.2 Å². The number of aryl methyl sites for hydroxylation is 2. The number of carbonyl (C=O) groups is 1. The minimum absolute atomic E-state index is 0.153. The van der Waals surface area contributed by atoms with Crippen molar-refractivity contribution in [2.45, 2.75) is 84.2 Å². The van der Waals surface area contributed by atoms with E-state index in [9.17, 15) is 4.79 Å². The summed E-state index contributed by atoms with van der Waals surface area (Å²) < 4.78 is 2.00. The van der Waals surface area contributed by atoms with Crippen molar-refractivity contribution >= 4 is 11.6 Å². The van der Waals surface area contributed by atoms with E-state index in [4.69, 9.17) is 10.1 Å². The van der Waals surface area contributed by atoms with Gasteiger partial charge in [-0.1, -0.05) is 13.3 Å². The molecule has 3 heterocycles. The minimum Gasteiger partial charge on any atom is -0.353 e. The number of amides is 1. The Morgan fingerprint density at radius 2 is 2.07 bits per heavy atom. The lowest BCUT2D eigenvalue weighted by Crippen LogP contribution is -2.34. The maximum atomic E-state index is 12.1. The Labute approximate surface area is 167 Å². The van der Waals surface area contributed by atoms with Crippen molar-refractivity contribution < 1.29 is 4.79 Å². The second-order valence-corrected chi connectivity index (χ2v) is 8.49. The van der Waals surface area contributed by atoms with E-state index >= 15 is 0 Å². The first-order valence-electron chi connectivity index (χ1n) is 11.0. The smallest absolute Gasteiger partial charge is 0.220 e. The fourth-order valence-electron chi connectivity index (χ4n) is 4.52. The quantitative estimate of drug-likeness (QED) is 0.795. The minimum atomic E-state index is 0.153. The number of fused-ring (bicyclic) bond motifs is 1. The summed E-state index contributed by atoms with van der Waals surface area (Å²) in [5, 5.41) is 8.04. The van der Waals surface area contributed by atoms with Gasteiger partial charge >= 0.3 is 0 Å². The molecule has 1 saturated carbocycles.